The fraction of sp³-hybridized carbons (Fsp3) is 0.600. The third kappa shape index (κ3) is 3.04. The summed E-state index contributed by atoms with van der Waals surface area (Å²) < 4.78 is 0. The Morgan fingerprint density at radius 1 is 1.47 bits per heavy atom. The average molecular weight is 272 g/mol. The standard InChI is InChI=1S/C10H16N4OS2/c1-12-10-14-8(11)7(17-10)9(15)13-6-2-4-16-5-3-6/h6H,2-5,11H2,1H3,(H,12,14)(H,13,15). The Bertz CT molecular complexity index is 401. The van der Waals surface area contributed by atoms with Gasteiger partial charge in [-0.25, -0.2) is 4.98 Å². The van der Waals surface area contributed by atoms with E-state index in [9.17, 15) is 4.79 Å². The van der Waals surface area contributed by atoms with Crippen LogP contribution in [0.3, 0.4) is 0 Å². The molecule has 1 aliphatic heterocycles. The van der Waals surface area contributed by atoms with Crippen LogP contribution in [0.1, 0.15) is 22.5 Å². The van der Waals surface area contributed by atoms with Crippen LogP contribution in [0.5, 0.6) is 0 Å². The minimum Gasteiger partial charge on any atom is -0.382 e. The molecule has 2 rings (SSSR count). The molecule has 0 aromatic carbocycles. The Morgan fingerprint density at radius 3 is 2.76 bits per heavy atom. The number of nitrogens with two attached hydrogens (primary N) is 1. The zero-order valence-corrected chi connectivity index (χ0v) is 11.3. The van der Waals surface area contributed by atoms with Crippen LogP contribution in [0.2, 0.25) is 0 Å². The van der Waals surface area contributed by atoms with Crippen molar-refractivity contribution in [3.63, 3.8) is 0 Å². The Kier molecular flexibility index (Phi) is 4.11. The monoisotopic (exact) mass is 272 g/mol. The van der Waals surface area contributed by atoms with Crippen molar-refractivity contribution in [1.29, 1.82) is 0 Å². The van der Waals surface area contributed by atoms with E-state index in [4.69, 9.17) is 5.73 Å². The van der Waals surface area contributed by atoms with Gasteiger partial charge in [0.15, 0.2) is 5.13 Å². The van der Waals surface area contributed by atoms with Crippen molar-refractivity contribution < 1.29 is 4.79 Å². The van der Waals surface area contributed by atoms with E-state index in [1.165, 1.54) is 11.3 Å². The number of rotatable bonds is 3. The van der Waals surface area contributed by atoms with Crippen molar-refractivity contribution in [3.05, 3.63) is 4.88 Å². The molecule has 0 atom stereocenters. The van der Waals surface area contributed by atoms with Gasteiger partial charge in [-0.1, -0.05) is 11.3 Å². The average Bonchev–Trinajstić information content (AvgIpc) is 2.72. The Balaban J connectivity index is 2.00. The zero-order chi connectivity index (χ0) is 12.3. The highest BCUT2D eigenvalue weighted by Gasteiger charge is 2.20. The minimum absolute atomic E-state index is 0.0987. The van der Waals surface area contributed by atoms with Crippen LogP contribution in [0.25, 0.3) is 0 Å². The lowest BCUT2D eigenvalue weighted by atomic mass is 10.1. The van der Waals surface area contributed by atoms with E-state index < -0.39 is 0 Å². The Hall–Kier alpha value is -0.950. The largest absolute Gasteiger partial charge is 0.382 e. The number of nitrogens with zero attached hydrogens (tertiary/aromatic N) is 1. The first kappa shape index (κ1) is 12.5. The molecule has 0 radical (unpaired) electrons. The van der Waals surface area contributed by atoms with Gasteiger partial charge in [0.25, 0.3) is 5.91 Å². The first-order valence-electron chi connectivity index (χ1n) is 5.53. The van der Waals surface area contributed by atoms with Crippen LogP contribution in [-0.2, 0) is 0 Å². The van der Waals surface area contributed by atoms with Crippen LogP contribution in [0.4, 0.5) is 10.9 Å². The van der Waals surface area contributed by atoms with Crippen molar-refractivity contribution in [2.45, 2.75) is 18.9 Å². The van der Waals surface area contributed by atoms with Crippen molar-refractivity contribution >= 4 is 40.0 Å². The molecule has 0 bridgehead atoms. The van der Waals surface area contributed by atoms with Crippen molar-refractivity contribution in [2.75, 3.05) is 29.6 Å². The van der Waals surface area contributed by atoms with E-state index in [-0.39, 0.29) is 11.9 Å². The second-order valence-electron chi connectivity index (χ2n) is 3.84. The van der Waals surface area contributed by atoms with Gasteiger partial charge in [-0.2, -0.15) is 11.8 Å². The van der Waals surface area contributed by atoms with Gasteiger partial charge in [-0.15, -0.1) is 0 Å². The number of carbonyl (C=O) groups excluding carboxylic acids is 1. The van der Waals surface area contributed by atoms with Crippen LogP contribution in [0.15, 0.2) is 0 Å². The van der Waals surface area contributed by atoms with Gasteiger partial charge in [0.1, 0.15) is 10.7 Å². The summed E-state index contributed by atoms with van der Waals surface area (Å²) in [7, 11) is 1.76. The van der Waals surface area contributed by atoms with E-state index in [1.807, 2.05) is 11.8 Å². The van der Waals surface area contributed by atoms with Crippen LogP contribution >= 0.6 is 23.1 Å². The zero-order valence-electron chi connectivity index (χ0n) is 9.66. The number of amides is 1. The molecule has 0 unspecified atom stereocenters. The van der Waals surface area contributed by atoms with Gasteiger partial charge in [0, 0.05) is 13.1 Å². The third-order valence-corrected chi connectivity index (χ3v) is 4.77. The van der Waals surface area contributed by atoms with Gasteiger partial charge >= 0.3 is 0 Å². The third-order valence-electron chi connectivity index (χ3n) is 2.63. The van der Waals surface area contributed by atoms with Crippen LogP contribution in [0, 0.1) is 0 Å². The fourth-order valence-electron chi connectivity index (χ4n) is 1.69. The summed E-state index contributed by atoms with van der Waals surface area (Å²) in [5.74, 6) is 2.44. The molecule has 1 amide bonds. The van der Waals surface area contributed by atoms with Crippen molar-refractivity contribution in [3.8, 4) is 0 Å². The van der Waals surface area contributed by atoms with Gasteiger partial charge in [0.05, 0.1) is 0 Å². The topological polar surface area (TPSA) is 80.0 Å². The summed E-state index contributed by atoms with van der Waals surface area (Å²) in [4.78, 5) is 16.6. The number of carbonyl (C=O) groups is 1. The van der Waals surface area contributed by atoms with E-state index >= 15 is 0 Å². The number of hydrogen-bond donors (Lipinski definition) is 3. The molecule has 0 spiro atoms. The van der Waals surface area contributed by atoms with Gasteiger partial charge in [-0.3, -0.25) is 4.79 Å². The lowest BCUT2D eigenvalue weighted by Gasteiger charge is -2.22. The van der Waals surface area contributed by atoms with Crippen LogP contribution in [-0.4, -0.2) is 35.5 Å². The second-order valence-corrected chi connectivity index (χ2v) is 6.07. The quantitative estimate of drug-likeness (QED) is 0.775. The fourth-order valence-corrected chi connectivity index (χ4v) is 3.54. The molecule has 2 heterocycles. The van der Waals surface area contributed by atoms with E-state index in [1.54, 1.807) is 7.05 Å². The van der Waals surface area contributed by atoms with Gasteiger partial charge in [0.2, 0.25) is 0 Å². The van der Waals surface area contributed by atoms with E-state index in [0.29, 0.717) is 15.8 Å². The van der Waals surface area contributed by atoms with Crippen LogP contribution < -0.4 is 16.4 Å². The molecular weight excluding hydrogens is 256 g/mol. The Morgan fingerprint density at radius 2 is 2.18 bits per heavy atom. The lowest BCUT2D eigenvalue weighted by molar-refractivity contribution is 0.0939. The summed E-state index contributed by atoms with van der Waals surface area (Å²) in [5, 5.41) is 6.59. The number of hydrogen-bond acceptors (Lipinski definition) is 6. The van der Waals surface area contributed by atoms with Crippen molar-refractivity contribution in [1.82, 2.24) is 10.3 Å². The predicted molar refractivity (Wildman–Crippen MR) is 73.9 cm³/mol. The maximum atomic E-state index is 12.0. The molecule has 17 heavy (non-hydrogen) atoms. The number of thiazole rings is 1. The highest BCUT2D eigenvalue weighted by molar-refractivity contribution is 7.99. The number of nitrogens with one attached hydrogen (secondary N) is 2. The number of anilines is 2. The molecule has 0 saturated carbocycles. The number of thioether (sulfide) groups is 1. The summed E-state index contributed by atoms with van der Waals surface area (Å²) in [5.41, 5.74) is 5.72. The SMILES string of the molecule is CNc1nc(N)c(C(=O)NC2CCSCC2)s1. The highest BCUT2D eigenvalue weighted by atomic mass is 32.2. The van der Waals surface area contributed by atoms with Crippen molar-refractivity contribution in [2.24, 2.45) is 0 Å². The summed E-state index contributed by atoms with van der Waals surface area (Å²) in [6.45, 7) is 0. The molecule has 1 fully saturated rings. The first-order chi connectivity index (χ1) is 8.20. The van der Waals surface area contributed by atoms with Gasteiger partial charge < -0.3 is 16.4 Å². The number of aromatic nitrogens is 1. The molecule has 7 heteroatoms. The minimum atomic E-state index is -0.0987. The molecule has 1 aromatic heterocycles. The first-order valence-corrected chi connectivity index (χ1v) is 7.50. The summed E-state index contributed by atoms with van der Waals surface area (Å²) >= 11 is 3.23. The maximum Gasteiger partial charge on any atom is 0.265 e. The highest BCUT2D eigenvalue weighted by Crippen LogP contribution is 2.25. The molecule has 1 aromatic rings. The second kappa shape index (κ2) is 5.59. The summed E-state index contributed by atoms with van der Waals surface area (Å²) in [6, 6.07) is 0.281. The molecule has 1 aliphatic rings. The smallest absolute Gasteiger partial charge is 0.265 e. The summed E-state index contributed by atoms with van der Waals surface area (Å²) in [6.07, 6.45) is 2.07. The normalized spacial score (nSPS) is 16.8. The lowest BCUT2D eigenvalue weighted by Crippen LogP contribution is -2.37. The van der Waals surface area contributed by atoms with E-state index in [2.05, 4.69) is 15.6 Å². The maximum absolute atomic E-state index is 12.0. The number of nitrogen functional groups attached to an aromatic ring is 1. The van der Waals surface area contributed by atoms with Gasteiger partial charge in [-0.05, 0) is 24.3 Å². The molecule has 1 saturated heterocycles. The molecule has 4 N–H and O–H groups in total. The Labute approximate surface area is 109 Å². The predicted octanol–water partition coefficient (Wildman–Crippen LogP) is 1.39. The molecule has 0 aliphatic carbocycles. The van der Waals surface area contributed by atoms with E-state index in [0.717, 1.165) is 24.3 Å². The molecule has 5 nitrogen and oxygen atoms in total. The molecular formula is C10H16N4OS2. The molecule has 94 valence electrons.